The highest BCUT2D eigenvalue weighted by Crippen LogP contribution is 2.13. The molecule has 0 saturated carbocycles. The van der Waals surface area contributed by atoms with E-state index in [1.807, 2.05) is 0 Å². The number of carbonyl (C=O) groups excluding carboxylic acids is 2. The van der Waals surface area contributed by atoms with E-state index >= 15 is 0 Å². The number of nitrogens with one attached hydrogen (secondary N) is 1. The molecule has 2 amide bonds. The van der Waals surface area contributed by atoms with Crippen molar-refractivity contribution in [3.05, 3.63) is 0 Å². The fourth-order valence-electron chi connectivity index (χ4n) is 1.93. The molecule has 0 aromatic carbocycles. The lowest BCUT2D eigenvalue weighted by atomic mass is 10.0. The molecule has 1 fully saturated rings. The van der Waals surface area contributed by atoms with E-state index in [1.165, 1.54) is 0 Å². The number of carbonyl (C=O) groups is 2. The molecular formula is C11H20ClN3O2. The summed E-state index contributed by atoms with van der Waals surface area (Å²) in [5.74, 6) is -0.472. The van der Waals surface area contributed by atoms with Gasteiger partial charge in [-0.15, -0.1) is 11.6 Å². The van der Waals surface area contributed by atoms with Gasteiger partial charge in [0, 0.05) is 13.1 Å². The number of likely N-dealkylation sites (N-methyl/N-ethyl adjacent to an activating group) is 1. The maximum Gasteiger partial charge on any atom is 0.241 e. The van der Waals surface area contributed by atoms with Crippen LogP contribution in [0.3, 0.4) is 0 Å². The van der Waals surface area contributed by atoms with Gasteiger partial charge in [-0.05, 0) is 33.0 Å². The van der Waals surface area contributed by atoms with Crippen LogP contribution >= 0.6 is 11.6 Å². The third-order valence-corrected chi connectivity index (χ3v) is 3.43. The van der Waals surface area contributed by atoms with Gasteiger partial charge in [-0.1, -0.05) is 0 Å². The second-order valence-electron chi connectivity index (χ2n) is 4.45. The van der Waals surface area contributed by atoms with Crippen LogP contribution in [0.1, 0.15) is 12.8 Å². The minimum atomic E-state index is -0.309. The highest BCUT2D eigenvalue weighted by molar-refractivity contribution is 6.27. The van der Waals surface area contributed by atoms with Crippen LogP contribution in [0.15, 0.2) is 0 Å². The molecule has 0 aliphatic carbocycles. The summed E-state index contributed by atoms with van der Waals surface area (Å²) in [6, 6.07) is 0.284. The van der Waals surface area contributed by atoms with Gasteiger partial charge in [0.15, 0.2) is 0 Å². The molecule has 1 aliphatic heterocycles. The predicted octanol–water partition coefficient (Wildman–Crippen LogP) is -0.106. The van der Waals surface area contributed by atoms with E-state index in [0.29, 0.717) is 0 Å². The fraction of sp³-hybridized carbons (Fsp3) is 0.818. The van der Waals surface area contributed by atoms with Gasteiger partial charge in [0.1, 0.15) is 5.88 Å². The molecule has 0 atom stereocenters. The number of piperidine rings is 1. The summed E-state index contributed by atoms with van der Waals surface area (Å²) in [6.45, 7) is 2.06. The lowest BCUT2D eigenvalue weighted by molar-refractivity contribution is -0.133. The van der Waals surface area contributed by atoms with E-state index in [2.05, 4.69) is 17.3 Å². The first-order chi connectivity index (χ1) is 8.04. The third kappa shape index (κ3) is 4.52. The summed E-state index contributed by atoms with van der Waals surface area (Å²) in [5, 5.41) is 2.49. The first-order valence-corrected chi connectivity index (χ1v) is 6.35. The van der Waals surface area contributed by atoms with E-state index in [0.717, 1.165) is 25.9 Å². The third-order valence-electron chi connectivity index (χ3n) is 3.19. The molecule has 0 radical (unpaired) electrons. The van der Waals surface area contributed by atoms with Crippen molar-refractivity contribution < 1.29 is 9.59 Å². The lowest BCUT2D eigenvalue weighted by Crippen LogP contribution is -2.47. The van der Waals surface area contributed by atoms with Gasteiger partial charge in [-0.3, -0.25) is 9.59 Å². The Morgan fingerprint density at radius 3 is 2.53 bits per heavy atom. The van der Waals surface area contributed by atoms with E-state index < -0.39 is 0 Å². The lowest BCUT2D eigenvalue weighted by Gasteiger charge is -2.35. The van der Waals surface area contributed by atoms with Crippen LogP contribution in [0, 0.1) is 0 Å². The van der Waals surface area contributed by atoms with Gasteiger partial charge in [0.2, 0.25) is 11.8 Å². The second kappa shape index (κ2) is 6.81. The maximum absolute atomic E-state index is 11.8. The van der Waals surface area contributed by atoms with Crippen molar-refractivity contribution in [2.75, 3.05) is 39.6 Å². The Hall–Kier alpha value is -0.810. The van der Waals surface area contributed by atoms with Gasteiger partial charge in [0.25, 0.3) is 0 Å². The summed E-state index contributed by atoms with van der Waals surface area (Å²) < 4.78 is 0. The Labute approximate surface area is 107 Å². The largest absolute Gasteiger partial charge is 0.346 e. The van der Waals surface area contributed by atoms with E-state index in [-0.39, 0.29) is 30.3 Å². The van der Waals surface area contributed by atoms with Crippen molar-refractivity contribution in [3.63, 3.8) is 0 Å². The van der Waals surface area contributed by atoms with Crippen LogP contribution in [-0.4, -0.2) is 67.3 Å². The number of rotatable bonds is 4. The van der Waals surface area contributed by atoms with Crippen LogP contribution in [0.5, 0.6) is 0 Å². The normalized spacial score (nSPS) is 17.8. The van der Waals surface area contributed by atoms with Crippen LogP contribution in [0.4, 0.5) is 0 Å². The zero-order valence-electron chi connectivity index (χ0n) is 10.4. The Morgan fingerprint density at radius 2 is 2.00 bits per heavy atom. The van der Waals surface area contributed by atoms with E-state index in [1.54, 1.807) is 11.9 Å². The SMILES string of the molecule is CN1CCC(N(C)C(=O)CNC(=O)CCl)CC1. The van der Waals surface area contributed by atoms with Gasteiger partial charge in [-0.25, -0.2) is 0 Å². The number of nitrogens with zero attached hydrogens (tertiary/aromatic N) is 2. The minimum absolute atomic E-state index is 0.0361. The molecule has 1 rings (SSSR count). The molecule has 98 valence electrons. The van der Waals surface area contributed by atoms with Crippen molar-refractivity contribution >= 4 is 23.4 Å². The molecule has 1 saturated heterocycles. The quantitative estimate of drug-likeness (QED) is 0.719. The first kappa shape index (κ1) is 14.3. The zero-order valence-corrected chi connectivity index (χ0v) is 11.2. The second-order valence-corrected chi connectivity index (χ2v) is 4.72. The molecule has 1 N–H and O–H groups in total. The van der Waals surface area contributed by atoms with Gasteiger partial charge < -0.3 is 15.1 Å². The average Bonchev–Trinajstić information content (AvgIpc) is 2.35. The number of alkyl halides is 1. The monoisotopic (exact) mass is 261 g/mol. The van der Waals surface area contributed by atoms with Crippen molar-refractivity contribution in [1.82, 2.24) is 15.1 Å². The highest BCUT2D eigenvalue weighted by Gasteiger charge is 2.23. The smallest absolute Gasteiger partial charge is 0.241 e. The van der Waals surface area contributed by atoms with Crippen LogP contribution < -0.4 is 5.32 Å². The van der Waals surface area contributed by atoms with Crippen molar-refractivity contribution in [2.45, 2.75) is 18.9 Å². The zero-order chi connectivity index (χ0) is 12.8. The average molecular weight is 262 g/mol. The fourth-order valence-corrected chi connectivity index (χ4v) is 2.03. The molecule has 0 aromatic heterocycles. The van der Waals surface area contributed by atoms with Crippen molar-refractivity contribution in [1.29, 1.82) is 0 Å². The van der Waals surface area contributed by atoms with Gasteiger partial charge >= 0.3 is 0 Å². The molecular weight excluding hydrogens is 242 g/mol. The Morgan fingerprint density at radius 1 is 1.41 bits per heavy atom. The van der Waals surface area contributed by atoms with Crippen molar-refractivity contribution in [2.24, 2.45) is 0 Å². The molecule has 5 nitrogen and oxygen atoms in total. The molecule has 6 heteroatoms. The summed E-state index contributed by atoms with van der Waals surface area (Å²) in [6.07, 6.45) is 1.98. The summed E-state index contributed by atoms with van der Waals surface area (Å²) in [4.78, 5) is 26.7. The van der Waals surface area contributed by atoms with Crippen LogP contribution in [0.25, 0.3) is 0 Å². The summed E-state index contributed by atoms with van der Waals surface area (Å²) >= 11 is 5.34. The molecule has 0 bridgehead atoms. The van der Waals surface area contributed by atoms with E-state index in [4.69, 9.17) is 11.6 Å². The minimum Gasteiger partial charge on any atom is -0.346 e. The maximum atomic E-state index is 11.8. The van der Waals surface area contributed by atoms with Crippen LogP contribution in [0.2, 0.25) is 0 Å². The number of likely N-dealkylation sites (tertiary alicyclic amines) is 1. The van der Waals surface area contributed by atoms with Crippen molar-refractivity contribution in [3.8, 4) is 0 Å². The Kier molecular flexibility index (Phi) is 5.71. The summed E-state index contributed by atoms with van der Waals surface area (Å²) in [7, 11) is 3.88. The number of halogens is 1. The molecule has 0 aromatic rings. The van der Waals surface area contributed by atoms with Gasteiger partial charge in [0.05, 0.1) is 6.54 Å². The standard InChI is InChI=1S/C11H20ClN3O2/c1-14-5-3-9(4-6-14)15(2)11(17)8-13-10(16)7-12/h9H,3-8H2,1-2H3,(H,13,16). The molecule has 17 heavy (non-hydrogen) atoms. The Bertz CT molecular complexity index is 278. The van der Waals surface area contributed by atoms with E-state index in [9.17, 15) is 9.59 Å². The first-order valence-electron chi connectivity index (χ1n) is 5.81. The van der Waals surface area contributed by atoms with Gasteiger partial charge in [-0.2, -0.15) is 0 Å². The molecule has 0 unspecified atom stereocenters. The topological polar surface area (TPSA) is 52.6 Å². The summed E-state index contributed by atoms with van der Waals surface area (Å²) in [5.41, 5.74) is 0. The Balaban J connectivity index is 2.33. The highest BCUT2D eigenvalue weighted by atomic mass is 35.5. The van der Waals surface area contributed by atoms with Crippen LogP contribution in [-0.2, 0) is 9.59 Å². The molecule has 1 aliphatic rings. The molecule has 1 heterocycles. The molecule has 0 spiro atoms. The number of hydrogen-bond donors (Lipinski definition) is 1. The number of hydrogen-bond acceptors (Lipinski definition) is 3. The number of amides is 2. The predicted molar refractivity (Wildman–Crippen MR) is 67.0 cm³/mol.